The maximum absolute atomic E-state index is 12.6. The Bertz CT molecular complexity index is 1230. The molecule has 0 bridgehead atoms. The number of aromatic nitrogens is 5. The summed E-state index contributed by atoms with van der Waals surface area (Å²) in [7, 11) is 0. The molecule has 9 nitrogen and oxygen atoms in total. The van der Waals surface area contributed by atoms with Gasteiger partial charge in [0.25, 0.3) is 0 Å². The molecule has 1 fully saturated rings. The number of aromatic amines is 1. The second-order valence-corrected chi connectivity index (χ2v) is 7.44. The number of rotatable bonds is 6. The summed E-state index contributed by atoms with van der Waals surface area (Å²) in [4.78, 5) is 26.7. The Kier molecular flexibility index (Phi) is 4.62. The van der Waals surface area contributed by atoms with Crippen molar-refractivity contribution in [3.05, 3.63) is 54.5 Å². The number of hydrogen-bond donors (Lipinski definition) is 2. The summed E-state index contributed by atoms with van der Waals surface area (Å²) < 4.78 is 1.95. The van der Waals surface area contributed by atoms with Crippen molar-refractivity contribution in [2.24, 2.45) is 5.92 Å². The zero-order chi connectivity index (χ0) is 20.5. The van der Waals surface area contributed by atoms with Crippen molar-refractivity contribution in [2.75, 3.05) is 18.0 Å². The zero-order valence-corrected chi connectivity index (χ0v) is 16.3. The van der Waals surface area contributed by atoms with E-state index in [1.165, 1.54) is 0 Å². The van der Waals surface area contributed by atoms with Gasteiger partial charge in [-0.05, 0) is 30.7 Å². The molecule has 1 aliphatic rings. The van der Waals surface area contributed by atoms with Crippen molar-refractivity contribution in [3.63, 3.8) is 0 Å². The molecule has 3 aromatic heterocycles. The lowest BCUT2D eigenvalue weighted by molar-refractivity contribution is -0.126. The number of pyridine rings is 1. The molecule has 1 unspecified atom stereocenters. The highest BCUT2D eigenvalue weighted by atomic mass is 16.2. The second-order valence-electron chi connectivity index (χ2n) is 7.44. The zero-order valence-electron chi connectivity index (χ0n) is 16.3. The van der Waals surface area contributed by atoms with Crippen LogP contribution in [-0.2, 0) is 16.0 Å². The van der Waals surface area contributed by atoms with Crippen molar-refractivity contribution in [2.45, 2.75) is 19.3 Å². The van der Waals surface area contributed by atoms with Crippen molar-refractivity contribution in [1.29, 1.82) is 0 Å². The lowest BCUT2D eigenvalue weighted by atomic mass is 10.1. The van der Waals surface area contributed by atoms with Crippen LogP contribution in [0.1, 0.15) is 18.7 Å². The van der Waals surface area contributed by atoms with Crippen LogP contribution in [0.4, 0.5) is 5.82 Å². The Morgan fingerprint density at radius 1 is 1.17 bits per heavy atom. The number of amides is 2. The average molecular weight is 403 g/mol. The van der Waals surface area contributed by atoms with Gasteiger partial charge in [-0.2, -0.15) is 5.10 Å². The van der Waals surface area contributed by atoms with Gasteiger partial charge in [-0.25, -0.2) is 0 Å². The monoisotopic (exact) mass is 403 g/mol. The number of para-hydroxylation sites is 1. The Hall–Kier alpha value is -3.75. The minimum absolute atomic E-state index is 0.0812. The maximum Gasteiger partial charge on any atom is 0.229 e. The average Bonchev–Trinajstić information content (AvgIpc) is 3.47. The number of aryl methyl sites for hydroxylation is 1. The molecule has 4 aromatic rings. The van der Waals surface area contributed by atoms with Crippen LogP contribution in [0.3, 0.4) is 0 Å². The molecule has 5 rings (SSSR count). The smallest absolute Gasteiger partial charge is 0.229 e. The van der Waals surface area contributed by atoms with E-state index in [1.807, 2.05) is 53.1 Å². The Morgan fingerprint density at radius 2 is 2.03 bits per heavy atom. The molecule has 9 heteroatoms. The molecule has 4 heterocycles. The quantitative estimate of drug-likeness (QED) is 0.477. The molecule has 0 aliphatic carbocycles. The first kappa shape index (κ1) is 18.3. The van der Waals surface area contributed by atoms with E-state index in [4.69, 9.17) is 0 Å². The van der Waals surface area contributed by atoms with Gasteiger partial charge in [0.2, 0.25) is 11.8 Å². The Balaban J connectivity index is 1.17. The number of fused-ring (bicyclic) bond motifs is 2. The summed E-state index contributed by atoms with van der Waals surface area (Å²) in [6.45, 7) is 0.866. The highest BCUT2D eigenvalue weighted by Gasteiger charge is 2.36. The molecular weight excluding hydrogens is 382 g/mol. The summed E-state index contributed by atoms with van der Waals surface area (Å²) in [6.07, 6.45) is 3.58. The first-order valence-electron chi connectivity index (χ1n) is 10.0. The van der Waals surface area contributed by atoms with Crippen LogP contribution in [-0.4, -0.2) is 49.7 Å². The van der Waals surface area contributed by atoms with Gasteiger partial charge in [-0.15, -0.1) is 10.2 Å². The maximum atomic E-state index is 12.6. The van der Waals surface area contributed by atoms with Gasteiger partial charge in [-0.1, -0.05) is 18.2 Å². The van der Waals surface area contributed by atoms with E-state index >= 15 is 0 Å². The minimum atomic E-state index is -0.373. The third kappa shape index (κ3) is 3.28. The van der Waals surface area contributed by atoms with Gasteiger partial charge in [0.15, 0.2) is 11.5 Å². The van der Waals surface area contributed by atoms with Crippen LogP contribution >= 0.6 is 0 Å². The molecule has 30 heavy (non-hydrogen) atoms. The molecule has 0 radical (unpaired) electrons. The molecule has 1 saturated heterocycles. The minimum Gasteiger partial charge on any atom is -0.356 e. The molecule has 2 N–H and O–H groups in total. The first-order chi connectivity index (χ1) is 14.7. The number of anilines is 1. The van der Waals surface area contributed by atoms with Crippen molar-refractivity contribution in [1.82, 2.24) is 30.1 Å². The Morgan fingerprint density at radius 3 is 2.97 bits per heavy atom. The fourth-order valence-electron chi connectivity index (χ4n) is 3.91. The summed E-state index contributed by atoms with van der Waals surface area (Å²) >= 11 is 0. The molecule has 1 atom stereocenters. The van der Waals surface area contributed by atoms with Crippen molar-refractivity contribution in [3.8, 4) is 0 Å². The molecule has 1 aromatic carbocycles. The Labute approximate surface area is 172 Å². The third-order valence-corrected chi connectivity index (χ3v) is 5.46. The topological polar surface area (TPSA) is 108 Å². The number of nitrogens with one attached hydrogen (secondary N) is 2. The van der Waals surface area contributed by atoms with Gasteiger partial charge in [0.05, 0.1) is 11.4 Å². The fourth-order valence-corrected chi connectivity index (χ4v) is 3.91. The van der Waals surface area contributed by atoms with Crippen LogP contribution < -0.4 is 10.2 Å². The van der Waals surface area contributed by atoms with E-state index in [0.29, 0.717) is 25.3 Å². The van der Waals surface area contributed by atoms with Gasteiger partial charge >= 0.3 is 0 Å². The summed E-state index contributed by atoms with van der Waals surface area (Å²) in [5.41, 5.74) is 1.68. The molecule has 1 aliphatic heterocycles. The summed E-state index contributed by atoms with van der Waals surface area (Å²) in [5.74, 6) is 0.901. The van der Waals surface area contributed by atoms with Crippen molar-refractivity contribution >= 4 is 34.2 Å². The predicted molar refractivity (Wildman–Crippen MR) is 111 cm³/mol. The number of carbonyl (C=O) groups is 2. The number of H-pyrrole nitrogens is 1. The molecular formula is C21H21N7O2. The standard InChI is InChI=1S/C21H21N7O2/c29-19-12-14(13-28(19)20-15-6-1-2-7-16(15)23-26-20)21(30)22-10-5-9-18-25-24-17-8-3-4-11-27(17)18/h1-4,6-8,11,14H,5,9-10,12-13H2,(H,22,30)(H,23,26). The first-order valence-corrected chi connectivity index (χ1v) is 10.0. The van der Waals surface area contributed by atoms with E-state index < -0.39 is 0 Å². The van der Waals surface area contributed by atoms with E-state index in [-0.39, 0.29) is 24.2 Å². The summed E-state index contributed by atoms with van der Waals surface area (Å²) in [5, 5.41) is 19.4. The molecule has 0 spiro atoms. The van der Waals surface area contributed by atoms with Crippen LogP contribution in [0.25, 0.3) is 16.6 Å². The number of carbonyl (C=O) groups excluding carboxylic acids is 2. The van der Waals surface area contributed by atoms with Crippen LogP contribution in [0.5, 0.6) is 0 Å². The number of hydrogen-bond acceptors (Lipinski definition) is 5. The van der Waals surface area contributed by atoms with Gasteiger partial charge in [-0.3, -0.25) is 24.0 Å². The molecule has 0 saturated carbocycles. The summed E-state index contributed by atoms with van der Waals surface area (Å²) in [6, 6.07) is 13.4. The number of benzene rings is 1. The molecule has 2 amide bonds. The van der Waals surface area contributed by atoms with Crippen LogP contribution in [0.15, 0.2) is 48.7 Å². The predicted octanol–water partition coefficient (Wildman–Crippen LogP) is 1.71. The number of nitrogens with zero attached hydrogens (tertiary/aromatic N) is 5. The van der Waals surface area contributed by atoms with Crippen LogP contribution in [0, 0.1) is 5.92 Å². The highest BCUT2D eigenvalue weighted by Crippen LogP contribution is 2.29. The van der Waals surface area contributed by atoms with Gasteiger partial charge in [0.1, 0.15) is 5.82 Å². The normalized spacial score (nSPS) is 16.6. The molecule has 152 valence electrons. The van der Waals surface area contributed by atoms with E-state index in [0.717, 1.165) is 28.8 Å². The van der Waals surface area contributed by atoms with Gasteiger partial charge in [0, 0.05) is 37.5 Å². The van der Waals surface area contributed by atoms with E-state index in [9.17, 15) is 9.59 Å². The SMILES string of the molecule is O=C(NCCCc1nnc2ccccn12)C1CC(=O)N(c2n[nH]c3ccccc23)C1. The van der Waals surface area contributed by atoms with E-state index in [1.54, 1.807) is 4.90 Å². The lowest BCUT2D eigenvalue weighted by Crippen LogP contribution is -2.33. The largest absolute Gasteiger partial charge is 0.356 e. The van der Waals surface area contributed by atoms with E-state index in [2.05, 4.69) is 25.7 Å². The third-order valence-electron chi connectivity index (χ3n) is 5.46. The van der Waals surface area contributed by atoms with Crippen LogP contribution in [0.2, 0.25) is 0 Å². The lowest BCUT2D eigenvalue weighted by Gasteiger charge is -2.14. The van der Waals surface area contributed by atoms with Crippen molar-refractivity contribution < 1.29 is 9.59 Å². The highest BCUT2D eigenvalue weighted by molar-refractivity contribution is 6.05. The van der Waals surface area contributed by atoms with Gasteiger partial charge < -0.3 is 5.32 Å². The second kappa shape index (κ2) is 7.58. The fraction of sp³-hybridized carbons (Fsp3) is 0.286.